The molecule has 0 bridgehead atoms. The fraction of sp³-hybridized carbons (Fsp3) is 0.982. The topological polar surface area (TPSA) is 825 Å². The maximum atomic E-state index is 10.4. The molecule has 7 saturated heterocycles. The van der Waals surface area contributed by atoms with E-state index in [-0.39, 0.29) is 39.4 Å². The van der Waals surface area contributed by atoms with Gasteiger partial charge in [0.25, 0.3) is 0 Å². The predicted octanol–water partition coefficient (Wildman–Crippen LogP) is -26.1. The maximum Gasteiger partial charge on any atom is 1.00 e. The predicted molar refractivity (Wildman–Crippen MR) is 319 cm³/mol. The summed E-state index contributed by atoms with van der Waals surface area (Å²) in [5.74, 6) is 0. The van der Waals surface area contributed by atoms with Gasteiger partial charge in [0.15, 0.2) is 44.0 Å². The van der Waals surface area contributed by atoms with Crippen molar-refractivity contribution < 1.29 is 271 Å². The summed E-state index contributed by atoms with van der Waals surface area (Å²) in [7, 11) is 0. The van der Waals surface area contributed by atoms with Gasteiger partial charge < -0.3 is 241 Å². The Morgan fingerprint density at radius 1 is 0.276 bits per heavy atom. The third-order valence-corrected chi connectivity index (χ3v) is 17.6. The van der Waals surface area contributed by atoms with E-state index < -0.39 is 336 Å². The van der Waals surface area contributed by atoms with Gasteiger partial charge in [-0.05, 0) is 0 Å². The van der Waals surface area contributed by atoms with Crippen molar-refractivity contribution in [3.8, 4) is 0 Å². The summed E-state index contributed by atoms with van der Waals surface area (Å²) in [6.07, 6.45) is -72.2. The van der Waals surface area contributed by atoms with E-state index in [2.05, 4.69) is 0 Å². The molecule has 7 rings (SSSR count). The number of ether oxygens (including phenoxy) is 13. The summed E-state index contributed by atoms with van der Waals surface area (Å²) in [6.45, 7) is -6.89. The maximum absolute atomic E-state index is 10.4. The Balaban J connectivity index is 0.000000533. The van der Waals surface area contributed by atoms with Crippen molar-refractivity contribution in [2.24, 2.45) is 0 Å². The first-order valence-corrected chi connectivity index (χ1v) is 31.9. The molecular formula is C55H101BNaO48. The molecule has 7 heterocycles. The van der Waals surface area contributed by atoms with E-state index in [1.165, 1.54) is 0 Å². The molecule has 105 heavy (non-hydrogen) atoms. The number of hydrogen-bond donors (Lipinski definition) is 34. The number of carbonyl (C=O) groups excluding carboxylic acids is 1. The van der Waals surface area contributed by atoms with E-state index in [9.17, 15) is 173 Å². The van der Waals surface area contributed by atoms with E-state index >= 15 is 0 Å². The Labute approximate surface area is 619 Å². The molecule has 613 valence electrons. The molecule has 7 aliphatic rings. The van der Waals surface area contributed by atoms with E-state index in [0.717, 1.165) is 0 Å². The number of rotatable bonds is 30. The van der Waals surface area contributed by atoms with Gasteiger partial charge in [-0.25, -0.2) is 0 Å². The van der Waals surface area contributed by atoms with Crippen molar-refractivity contribution in [3.63, 3.8) is 0 Å². The van der Waals surface area contributed by atoms with Crippen LogP contribution in [0.2, 0.25) is 0 Å². The first-order valence-electron chi connectivity index (χ1n) is 31.9. The summed E-state index contributed by atoms with van der Waals surface area (Å²) in [6, 6.07) is 0. The molecule has 0 amide bonds. The Morgan fingerprint density at radius 2 is 0.486 bits per heavy atom. The van der Waals surface area contributed by atoms with Crippen LogP contribution in [-0.2, 0) is 66.4 Å². The molecule has 0 saturated carbocycles. The first kappa shape index (κ1) is 98.1. The summed E-state index contributed by atoms with van der Waals surface area (Å²) in [4.78, 5) is 10.4. The van der Waals surface area contributed by atoms with Crippen LogP contribution in [0.1, 0.15) is 7.85 Å². The van der Waals surface area contributed by atoms with Crippen LogP contribution >= 0.6 is 0 Å². The van der Waals surface area contributed by atoms with Crippen molar-refractivity contribution in [1.29, 1.82) is 0 Å². The van der Waals surface area contributed by atoms with Crippen LogP contribution < -0.4 is 29.6 Å². The summed E-state index contributed by atoms with van der Waals surface area (Å²) in [5.41, 5.74) is 0. The fourth-order valence-electron chi connectivity index (χ4n) is 10.9. The second kappa shape index (κ2) is 45.7. The van der Waals surface area contributed by atoms with Crippen molar-refractivity contribution >= 4 is 14.7 Å². The third kappa shape index (κ3) is 25.2. The van der Waals surface area contributed by atoms with E-state index in [4.69, 9.17) is 66.7 Å². The molecule has 48 nitrogen and oxygen atoms in total. The zero-order valence-electron chi connectivity index (χ0n) is 56.7. The largest absolute Gasteiger partial charge is 1.00 e. The van der Waals surface area contributed by atoms with Crippen molar-refractivity contribution in [1.82, 2.24) is 0 Å². The number of carbonyl (C=O) groups is 1. The van der Waals surface area contributed by atoms with E-state index in [0.29, 0.717) is 6.29 Å². The SMILES string of the molecule is O=CCC(O)C(O)C(O)C(O)COC1OC(COC2OC(CO)C(O)C(O)C2O)C(O)C(O)C1O.OCC(O)C(O)C(O)C(O)COC1OC(COC2OC(CO)C(O)C(O)C2O)C(O)C(O)C1O.OCC1OC(OCC2OC(OCC3OC(O)C(O)C(O)C3O)C(O)C(O)C2O)C(O)C(O)C1O.[B].[H-].[Na+]. The second-order valence-corrected chi connectivity index (χ2v) is 25.0. The summed E-state index contributed by atoms with van der Waals surface area (Å²) in [5, 5.41) is 333. The quantitative estimate of drug-likeness (QED) is 0.0235. The van der Waals surface area contributed by atoms with E-state index in [1.54, 1.807) is 0 Å². The van der Waals surface area contributed by atoms with Gasteiger partial charge in [0.2, 0.25) is 0 Å². The Morgan fingerprint density at radius 3 is 0.733 bits per heavy atom. The van der Waals surface area contributed by atoms with Crippen molar-refractivity contribution in [3.05, 3.63) is 0 Å². The molecule has 0 aromatic rings. The molecular weight excluding hydrogens is 1460 g/mol. The van der Waals surface area contributed by atoms with Gasteiger partial charge >= 0.3 is 29.6 Å². The molecule has 43 atom stereocenters. The van der Waals surface area contributed by atoms with Crippen LogP contribution in [-0.4, -0.2) is 518 Å². The van der Waals surface area contributed by atoms with Crippen LogP contribution in [0.5, 0.6) is 0 Å². The normalized spacial score (nSPS) is 44.7. The van der Waals surface area contributed by atoms with Crippen LogP contribution in [0.25, 0.3) is 0 Å². The van der Waals surface area contributed by atoms with Gasteiger partial charge in [0, 0.05) is 14.8 Å². The summed E-state index contributed by atoms with van der Waals surface area (Å²) < 4.78 is 67.8. The molecule has 43 unspecified atom stereocenters. The number of hydrogen-bond acceptors (Lipinski definition) is 48. The molecule has 0 spiro atoms. The Bertz CT molecular complexity index is 2390. The van der Waals surface area contributed by atoms with Crippen LogP contribution in [0.3, 0.4) is 0 Å². The number of aliphatic hydroxyl groups is 34. The monoisotopic (exact) mass is 1560 g/mol. The minimum Gasteiger partial charge on any atom is -1.00 e. The van der Waals surface area contributed by atoms with Gasteiger partial charge in [-0.2, -0.15) is 0 Å². The van der Waals surface area contributed by atoms with Crippen LogP contribution in [0.4, 0.5) is 0 Å². The fourth-order valence-corrected chi connectivity index (χ4v) is 10.9. The Hall–Kier alpha value is -1.15. The zero-order valence-corrected chi connectivity index (χ0v) is 57.7. The molecule has 7 aliphatic heterocycles. The minimum absolute atomic E-state index is 0. The standard InChI is InChI=1S/C19H34O16.C18H32O16.C18H34O16.B.Na.H/c20-2-1-6(22)10(24)11(25)7(23)4-32-18-17(31)15(29)13(27)9(35-18)5-33-19-16(30)14(28)12(26)8(3-21)34-19;19-1-4-7(20)11(24)14(27)17(33-4)31-3-6-9(22)12(25)15(28)18(34-6)30-2-5-8(21)10(23)13(26)16(29)32-5;19-1-5(21)9(23)10(24)6(22)3-31-17-16(30)14(28)12(26)8(34-17)4-32-18-15(29)13(27)11(25)7(2-20)33-18;;;/h2,6-19,21-31H,1,3-5H2;4-29H,1-3H2;5-30H,1-4H2;;;/q;;;;+1;-1. The molecule has 0 aromatic heterocycles. The molecule has 3 radical (unpaired) electrons. The molecule has 0 aliphatic carbocycles. The average molecular weight is 1560 g/mol. The molecule has 0 aromatic carbocycles. The van der Waals surface area contributed by atoms with Gasteiger partial charge in [-0.1, -0.05) is 0 Å². The van der Waals surface area contributed by atoms with Gasteiger partial charge in [-0.3, -0.25) is 0 Å². The van der Waals surface area contributed by atoms with E-state index in [1.807, 2.05) is 0 Å². The molecule has 34 N–H and O–H groups in total. The third-order valence-electron chi connectivity index (χ3n) is 17.6. The van der Waals surface area contributed by atoms with Gasteiger partial charge in [-0.15, -0.1) is 0 Å². The number of aliphatic hydroxyl groups excluding tert-OH is 34. The van der Waals surface area contributed by atoms with Gasteiger partial charge in [0.1, 0.15) is 220 Å². The first-order chi connectivity index (χ1) is 48.3. The second-order valence-electron chi connectivity index (χ2n) is 25.0. The minimum atomic E-state index is -1.95. The van der Waals surface area contributed by atoms with Crippen molar-refractivity contribution in [2.75, 3.05) is 66.1 Å². The smallest absolute Gasteiger partial charge is 1.00 e. The van der Waals surface area contributed by atoms with Gasteiger partial charge in [0.05, 0.1) is 72.2 Å². The zero-order chi connectivity index (χ0) is 77.5. The van der Waals surface area contributed by atoms with Crippen LogP contribution in [0, 0.1) is 0 Å². The average Bonchev–Trinajstić information content (AvgIpc) is 0.810. The van der Waals surface area contributed by atoms with Crippen LogP contribution in [0.15, 0.2) is 0 Å². The number of aldehydes is 1. The Kier molecular flexibility index (Phi) is 42.6. The molecule has 50 heteroatoms. The van der Waals surface area contributed by atoms with Crippen molar-refractivity contribution in [2.45, 2.75) is 270 Å². The molecule has 7 fully saturated rings. The summed E-state index contributed by atoms with van der Waals surface area (Å²) >= 11 is 0.